The first kappa shape index (κ1) is 23.9. The first-order valence-electron chi connectivity index (χ1n) is 12.2. The minimum Gasteiger partial charge on any atom is -0.382 e. The van der Waals surface area contributed by atoms with Crippen LogP contribution in [0.3, 0.4) is 0 Å². The highest BCUT2D eigenvalue weighted by Crippen LogP contribution is 2.39. The SMILES string of the molecule is CC(=O)NC1CCC(c2nnc(-c3cnc(-c4ccc5cc(C#N)cnn45)cc3NC(C)C)s2)CC1. The van der Waals surface area contributed by atoms with E-state index in [1.165, 1.54) is 0 Å². The molecule has 10 heteroatoms. The average Bonchev–Trinajstić information content (AvgIpc) is 3.51. The summed E-state index contributed by atoms with van der Waals surface area (Å²) in [6.45, 7) is 5.77. The molecule has 1 fully saturated rings. The summed E-state index contributed by atoms with van der Waals surface area (Å²) < 4.78 is 1.79. The van der Waals surface area contributed by atoms with Crippen LogP contribution in [0.4, 0.5) is 5.69 Å². The smallest absolute Gasteiger partial charge is 0.217 e. The summed E-state index contributed by atoms with van der Waals surface area (Å²) in [6, 6.07) is 10.3. The lowest BCUT2D eigenvalue weighted by Crippen LogP contribution is -2.35. The number of anilines is 1. The number of nitrogens with one attached hydrogen (secondary N) is 2. The van der Waals surface area contributed by atoms with Gasteiger partial charge in [0.15, 0.2) is 5.01 Å². The van der Waals surface area contributed by atoms with Gasteiger partial charge in [0, 0.05) is 36.8 Å². The summed E-state index contributed by atoms with van der Waals surface area (Å²) in [4.78, 5) is 16.1. The molecule has 1 aliphatic carbocycles. The van der Waals surface area contributed by atoms with Crippen molar-refractivity contribution < 1.29 is 4.79 Å². The molecule has 5 rings (SSSR count). The Morgan fingerprint density at radius 1 is 1.17 bits per heavy atom. The zero-order chi connectivity index (χ0) is 25.2. The Bertz CT molecular complexity index is 1440. The fourth-order valence-corrected chi connectivity index (χ4v) is 5.77. The molecule has 0 saturated heterocycles. The van der Waals surface area contributed by atoms with Crippen LogP contribution in [-0.2, 0) is 4.79 Å². The maximum Gasteiger partial charge on any atom is 0.217 e. The van der Waals surface area contributed by atoms with Crippen LogP contribution < -0.4 is 10.6 Å². The van der Waals surface area contributed by atoms with Crippen molar-refractivity contribution in [3.8, 4) is 28.0 Å². The number of aromatic nitrogens is 5. The predicted octanol–water partition coefficient (Wildman–Crippen LogP) is 4.77. The van der Waals surface area contributed by atoms with Crippen LogP contribution in [-0.4, -0.2) is 42.8 Å². The molecule has 0 atom stereocenters. The van der Waals surface area contributed by atoms with E-state index in [4.69, 9.17) is 10.2 Å². The molecule has 1 aliphatic rings. The summed E-state index contributed by atoms with van der Waals surface area (Å²) in [7, 11) is 0. The zero-order valence-electron chi connectivity index (χ0n) is 20.5. The van der Waals surface area contributed by atoms with E-state index in [-0.39, 0.29) is 18.0 Å². The van der Waals surface area contributed by atoms with Gasteiger partial charge in [-0.25, -0.2) is 4.52 Å². The molecule has 0 unspecified atom stereocenters. The summed E-state index contributed by atoms with van der Waals surface area (Å²) in [5, 5.41) is 31.1. The molecule has 0 aromatic carbocycles. The second-order valence-electron chi connectivity index (χ2n) is 9.52. The van der Waals surface area contributed by atoms with E-state index in [9.17, 15) is 4.79 Å². The molecule has 1 amide bonds. The molecule has 2 N–H and O–H groups in total. The third-order valence-electron chi connectivity index (χ3n) is 6.39. The van der Waals surface area contributed by atoms with E-state index in [1.807, 2.05) is 30.5 Å². The molecule has 4 aromatic rings. The minimum atomic E-state index is 0.0358. The number of hydrogen-bond acceptors (Lipinski definition) is 8. The molecule has 1 saturated carbocycles. The number of amides is 1. The van der Waals surface area contributed by atoms with Gasteiger partial charge >= 0.3 is 0 Å². The normalized spacial score (nSPS) is 17.8. The summed E-state index contributed by atoms with van der Waals surface area (Å²) in [5.41, 5.74) is 4.85. The highest BCUT2D eigenvalue weighted by molar-refractivity contribution is 7.14. The quantitative estimate of drug-likeness (QED) is 0.391. The molecule has 4 heterocycles. The van der Waals surface area contributed by atoms with Crippen LogP contribution in [0.1, 0.15) is 62.9 Å². The molecule has 0 bridgehead atoms. The van der Waals surface area contributed by atoms with Crippen molar-refractivity contribution in [2.75, 3.05) is 5.32 Å². The van der Waals surface area contributed by atoms with E-state index >= 15 is 0 Å². The number of pyridine rings is 1. The fourth-order valence-electron chi connectivity index (χ4n) is 4.73. The Morgan fingerprint density at radius 2 is 1.97 bits per heavy atom. The van der Waals surface area contributed by atoms with Crippen molar-refractivity contribution >= 4 is 28.4 Å². The average molecular weight is 501 g/mol. The molecule has 0 spiro atoms. The van der Waals surface area contributed by atoms with Gasteiger partial charge in [-0.2, -0.15) is 10.4 Å². The first-order chi connectivity index (χ1) is 17.4. The third-order valence-corrected chi connectivity index (χ3v) is 7.51. The van der Waals surface area contributed by atoms with E-state index in [0.29, 0.717) is 11.5 Å². The highest BCUT2D eigenvalue weighted by atomic mass is 32.1. The van der Waals surface area contributed by atoms with Gasteiger partial charge in [-0.1, -0.05) is 11.3 Å². The zero-order valence-corrected chi connectivity index (χ0v) is 21.3. The van der Waals surface area contributed by atoms with Gasteiger partial charge < -0.3 is 10.6 Å². The number of fused-ring (bicyclic) bond motifs is 1. The standard InChI is InChI=1S/C26H28N8OS/c1-15(2)30-22-11-23(24-9-8-20-10-17(12-27)13-29-34(20)24)28-14-21(22)26-33-32-25(36-26)18-4-6-19(7-5-18)31-16(3)35/h8-11,13-15,18-19H,4-7H2,1-3H3,(H,28,30)(H,31,35). The summed E-state index contributed by atoms with van der Waals surface area (Å²) in [6.07, 6.45) is 7.33. The van der Waals surface area contributed by atoms with Crippen molar-refractivity contribution in [1.82, 2.24) is 30.1 Å². The molecular weight excluding hydrogens is 472 g/mol. The molecule has 0 aliphatic heterocycles. The lowest BCUT2D eigenvalue weighted by Gasteiger charge is -2.27. The Kier molecular flexibility index (Phi) is 6.65. The number of carbonyl (C=O) groups excluding carboxylic acids is 1. The van der Waals surface area contributed by atoms with Gasteiger partial charge in [0.05, 0.1) is 34.2 Å². The van der Waals surface area contributed by atoms with Gasteiger partial charge in [0.1, 0.15) is 11.1 Å². The number of hydrogen-bond donors (Lipinski definition) is 2. The second kappa shape index (κ2) is 10.0. The van der Waals surface area contributed by atoms with Crippen LogP contribution in [0.5, 0.6) is 0 Å². The molecule has 9 nitrogen and oxygen atoms in total. The lowest BCUT2D eigenvalue weighted by atomic mass is 9.86. The van der Waals surface area contributed by atoms with E-state index < -0.39 is 0 Å². The largest absolute Gasteiger partial charge is 0.382 e. The topological polar surface area (TPSA) is 121 Å². The van der Waals surface area contributed by atoms with E-state index in [2.05, 4.69) is 45.8 Å². The van der Waals surface area contributed by atoms with Gasteiger partial charge in [0.2, 0.25) is 5.91 Å². The Labute approximate surface area is 213 Å². The van der Waals surface area contributed by atoms with E-state index in [1.54, 1.807) is 29.0 Å². The maximum atomic E-state index is 11.4. The van der Waals surface area contributed by atoms with Crippen LogP contribution in [0.15, 0.2) is 36.7 Å². The second-order valence-corrected chi connectivity index (χ2v) is 10.5. The number of nitriles is 1. The van der Waals surface area contributed by atoms with E-state index in [0.717, 1.165) is 63.9 Å². The highest BCUT2D eigenvalue weighted by Gasteiger charge is 2.26. The van der Waals surface area contributed by atoms with Crippen LogP contribution in [0, 0.1) is 11.3 Å². The van der Waals surface area contributed by atoms with Crippen LogP contribution >= 0.6 is 11.3 Å². The fraction of sp³-hybridized carbons (Fsp3) is 0.385. The van der Waals surface area contributed by atoms with Crippen LogP contribution in [0.25, 0.3) is 27.5 Å². The minimum absolute atomic E-state index is 0.0358. The van der Waals surface area contributed by atoms with Crippen LogP contribution in [0.2, 0.25) is 0 Å². The Morgan fingerprint density at radius 3 is 2.69 bits per heavy atom. The third kappa shape index (κ3) is 4.93. The van der Waals surface area contributed by atoms with Gasteiger partial charge in [-0.05, 0) is 63.8 Å². The first-order valence-corrected chi connectivity index (χ1v) is 13.0. The van der Waals surface area contributed by atoms with Crippen molar-refractivity contribution in [3.05, 3.63) is 47.2 Å². The van der Waals surface area contributed by atoms with Crippen molar-refractivity contribution in [1.29, 1.82) is 5.26 Å². The molecular formula is C26H28N8OS. The lowest BCUT2D eigenvalue weighted by molar-refractivity contribution is -0.119. The molecule has 0 radical (unpaired) electrons. The summed E-state index contributed by atoms with van der Waals surface area (Å²) in [5.74, 6) is 0.403. The monoisotopic (exact) mass is 500 g/mol. The van der Waals surface area contributed by atoms with Gasteiger partial charge in [0.25, 0.3) is 0 Å². The maximum absolute atomic E-state index is 11.4. The molecule has 184 valence electrons. The molecule has 4 aromatic heterocycles. The van der Waals surface area contributed by atoms with Gasteiger partial charge in [-0.3, -0.25) is 9.78 Å². The Hall–Kier alpha value is -3.84. The van der Waals surface area contributed by atoms with Crippen molar-refractivity contribution in [2.24, 2.45) is 0 Å². The van der Waals surface area contributed by atoms with Crippen molar-refractivity contribution in [2.45, 2.75) is 64.5 Å². The number of rotatable bonds is 6. The van der Waals surface area contributed by atoms with Crippen molar-refractivity contribution in [3.63, 3.8) is 0 Å². The molecule has 36 heavy (non-hydrogen) atoms. The number of nitrogens with zero attached hydrogens (tertiary/aromatic N) is 6. The Balaban J connectivity index is 1.42. The predicted molar refractivity (Wildman–Crippen MR) is 140 cm³/mol. The summed E-state index contributed by atoms with van der Waals surface area (Å²) >= 11 is 1.62. The van der Waals surface area contributed by atoms with Gasteiger partial charge in [-0.15, -0.1) is 10.2 Å². The number of carbonyl (C=O) groups is 1.